The molecule has 2 heterocycles. The van der Waals surface area contributed by atoms with E-state index in [-0.39, 0.29) is 5.56 Å². The van der Waals surface area contributed by atoms with Gasteiger partial charge in [-0.15, -0.1) is 11.3 Å². The van der Waals surface area contributed by atoms with E-state index < -0.39 is 0 Å². The first-order valence-electron chi connectivity index (χ1n) is 10.0. The standard InChI is InChI=1S/C22H23N3O2S2/c1-2-27-16-11-9-15(10-12-16)25-21(26)19-17-7-3-4-8-18(17)29-20(19)24-22(25)28-14-6-5-13-23/h9-12H,2-8,14H2,1H3. The Labute approximate surface area is 178 Å². The Kier molecular flexibility index (Phi) is 6.22. The van der Waals surface area contributed by atoms with Crippen LogP contribution in [0.2, 0.25) is 0 Å². The monoisotopic (exact) mass is 425 g/mol. The lowest BCUT2D eigenvalue weighted by Crippen LogP contribution is -2.22. The molecule has 1 aromatic carbocycles. The van der Waals surface area contributed by atoms with E-state index >= 15 is 0 Å². The minimum atomic E-state index is 0.0151. The molecule has 7 heteroatoms. The minimum Gasteiger partial charge on any atom is -0.494 e. The second kappa shape index (κ2) is 9.02. The molecule has 29 heavy (non-hydrogen) atoms. The summed E-state index contributed by atoms with van der Waals surface area (Å²) >= 11 is 3.22. The van der Waals surface area contributed by atoms with Gasteiger partial charge in [-0.05, 0) is 68.9 Å². The molecule has 0 saturated carbocycles. The maximum absolute atomic E-state index is 13.6. The van der Waals surface area contributed by atoms with Crippen LogP contribution in [0.15, 0.2) is 34.2 Å². The molecule has 150 valence electrons. The first-order valence-corrected chi connectivity index (χ1v) is 11.8. The van der Waals surface area contributed by atoms with Crippen molar-refractivity contribution in [3.8, 4) is 17.5 Å². The van der Waals surface area contributed by atoms with Crippen LogP contribution in [-0.2, 0) is 12.8 Å². The molecule has 0 aliphatic heterocycles. The summed E-state index contributed by atoms with van der Waals surface area (Å²) in [5.41, 5.74) is 2.02. The van der Waals surface area contributed by atoms with Gasteiger partial charge in [0.15, 0.2) is 5.16 Å². The molecule has 5 nitrogen and oxygen atoms in total. The first kappa shape index (κ1) is 20.0. The van der Waals surface area contributed by atoms with Crippen molar-refractivity contribution in [2.45, 2.75) is 50.6 Å². The number of hydrogen-bond donors (Lipinski definition) is 0. The van der Waals surface area contributed by atoms with Crippen molar-refractivity contribution >= 4 is 33.3 Å². The molecule has 4 rings (SSSR count). The molecule has 1 aliphatic carbocycles. The van der Waals surface area contributed by atoms with Gasteiger partial charge in [0.2, 0.25) is 0 Å². The van der Waals surface area contributed by atoms with Gasteiger partial charge in [-0.1, -0.05) is 11.8 Å². The molecule has 0 unspecified atom stereocenters. The number of fused-ring (bicyclic) bond motifs is 3. The lowest BCUT2D eigenvalue weighted by molar-refractivity contribution is 0.340. The zero-order valence-electron chi connectivity index (χ0n) is 16.4. The average Bonchev–Trinajstić information content (AvgIpc) is 3.11. The number of unbranched alkanes of at least 4 members (excludes halogenated alkanes) is 1. The Hall–Kier alpha value is -2.30. The number of hydrogen-bond acceptors (Lipinski definition) is 6. The summed E-state index contributed by atoms with van der Waals surface area (Å²) in [6.45, 7) is 2.56. The predicted octanol–water partition coefficient (Wildman–Crippen LogP) is 5.12. The second-order valence-electron chi connectivity index (χ2n) is 6.96. The molecule has 0 amide bonds. The summed E-state index contributed by atoms with van der Waals surface area (Å²) in [5.74, 6) is 1.54. The van der Waals surface area contributed by atoms with Crippen molar-refractivity contribution in [1.29, 1.82) is 5.26 Å². The van der Waals surface area contributed by atoms with E-state index in [1.165, 1.54) is 16.9 Å². The Bertz CT molecular complexity index is 1110. The quantitative estimate of drug-likeness (QED) is 0.298. The summed E-state index contributed by atoms with van der Waals surface area (Å²) in [5, 5.41) is 10.3. The summed E-state index contributed by atoms with van der Waals surface area (Å²) < 4.78 is 7.28. The third-order valence-electron chi connectivity index (χ3n) is 5.03. The zero-order chi connectivity index (χ0) is 20.2. The molecule has 1 aliphatic rings. The van der Waals surface area contributed by atoms with Gasteiger partial charge in [0.25, 0.3) is 5.56 Å². The third kappa shape index (κ3) is 4.05. The summed E-state index contributed by atoms with van der Waals surface area (Å²) in [6.07, 6.45) is 5.61. The highest BCUT2D eigenvalue weighted by molar-refractivity contribution is 7.99. The van der Waals surface area contributed by atoms with Crippen LogP contribution >= 0.6 is 23.1 Å². The number of thioether (sulfide) groups is 1. The van der Waals surface area contributed by atoms with Crippen LogP contribution in [-0.4, -0.2) is 21.9 Å². The number of aryl methyl sites for hydroxylation is 2. The van der Waals surface area contributed by atoms with E-state index in [1.807, 2.05) is 31.2 Å². The van der Waals surface area contributed by atoms with Gasteiger partial charge in [0.1, 0.15) is 10.6 Å². The van der Waals surface area contributed by atoms with Crippen molar-refractivity contribution < 1.29 is 4.74 Å². The zero-order valence-corrected chi connectivity index (χ0v) is 18.1. The van der Waals surface area contributed by atoms with Gasteiger partial charge < -0.3 is 4.74 Å². The number of nitriles is 1. The lowest BCUT2D eigenvalue weighted by Gasteiger charge is -2.14. The molecule has 2 aromatic heterocycles. The van der Waals surface area contributed by atoms with Crippen LogP contribution in [0.25, 0.3) is 15.9 Å². The number of thiophene rings is 1. The molecular formula is C22H23N3O2S2. The van der Waals surface area contributed by atoms with E-state index in [4.69, 9.17) is 15.0 Å². The lowest BCUT2D eigenvalue weighted by atomic mass is 9.97. The van der Waals surface area contributed by atoms with Crippen molar-refractivity contribution in [3.63, 3.8) is 0 Å². The maximum atomic E-state index is 13.6. The van der Waals surface area contributed by atoms with Crippen LogP contribution in [0.3, 0.4) is 0 Å². The largest absolute Gasteiger partial charge is 0.494 e. The SMILES string of the molecule is CCOc1ccc(-n2c(SCCCC#N)nc3sc4c(c3c2=O)CCCC4)cc1. The normalized spacial score (nSPS) is 13.2. The van der Waals surface area contributed by atoms with Gasteiger partial charge in [-0.25, -0.2) is 4.98 Å². The van der Waals surface area contributed by atoms with Crippen molar-refractivity contribution in [2.75, 3.05) is 12.4 Å². The van der Waals surface area contributed by atoms with Crippen LogP contribution in [0.1, 0.15) is 43.0 Å². The Morgan fingerprint density at radius 2 is 2.07 bits per heavy atom. The highest BCUT2D eigenvalue weighted by Gasteiger charge is 2.22. The van der Waals surface area contributed by atoms with E-state index in [9.17, 15) is 4.79 Å². The summed E-state index contributed by atoms with van der Waals surface area (Å²) in [4.78, 5) is 20.7. The third-order valence-corrected chi connectivity index (χ3v) is 7.24. The number of aromatic nitrogens is 2. The van der Waals surface area contributed by atoms with Crippen LogP contribution < -0.4 is 10.3 Å². The van der Waals surface area contributed by atoms with Gasteiger partial charge in [-0.3, -0.25) is 9.36 Å². The van der Waals surface area contributed by atoms with Gasteiger partial charge in [0.05, 0.1) is 23.7 Å². The highest BCUT2D eigenvalue weighted by Crippen LogP contribution is 2.35. The molecule has 0 atom stereocenters. The molecule has 0 fully saturated rings. The van der Waals surface area contributed by atoms with E-state index in [0.29, 0.717) is 18.2 Å². The minimum absolute atomic E-state index is 0.0151. The number of rotatable bonds is 7. The molecule has 0 spiro atoms. The van der Waals surface area contributed by atoms with Crippen molar-refractivity contribution in [2.24, 2.45) is 0 Å². The topological polar surface area (TPSA) is 67.9 Å². The molecule has 0 saturated heterocycles. The van der Waals surface area contributed by atoms with Crippen LogP contribution in [0.5, 0.6) is 5.75 Å². The first-order chi connectivity index (χ1) is 14.2. The molecule has 0 bridgehead atoms. The molecule has 0 N–H and O–H groups in total. The highest BCUT2D eigenvalue weighted by atomic mass is 32.2. The Balaban J connectivity index is 1.83. The van der Waals surface area contributed by atoms with Gasteiger partial charge in [-0.2, -0.15) is 5.26 Å². The van der Waals surface area contributed by atoms with Crippen molar-refractivity contribution in [1.82, 2.24) is 9.55 Å². The van der Waals surface area contributed by atoms with Crippen LogP contribution in [0, 0.1) is 11.3 Å². The number of nitrogens with zero attached hydrogens (tertiary/aromatic N) is 3. The van der Waals surface area contributed by atoms with E-state index in [0.717, 1.165) is 53.1 Å². The smallest absolute Gasteiger partial charge is 0.267 e. The Morgan fingerprint density at radius 1 is 1.28 bits per heavy atom. The molecule has 3 aromatic rings. The average molecular weight is 426 g/mol. The predicted molar refractivity (Wildman–Crippen MR) is 119 cm³/mol. The fraction of sp³-hybridized carbons (Fsp3) is 0.409. The van der Waals surface area contributed by atoms with Crippen LogP contribution in [0.4, 0.5) is 0 Å². The van der Waals surface area contributed by atoms with Crippen molar-refractivity contribution in [3.05, 3.63) is 45.1 Å². The summed E-state index contributed by atoms with van der Waals surface area (Å²) in [7, 11) is 0. The van der Waals surface area contributed by atoms with Gasteiger partial charge >= 0.3 is 0 Å². The summed E-state index contributed by atoms with van der Waals surface area (Å²) in [6, 6.07) is 9.79. The fourth-order valence-electron chi connectivity index (χ4n) is 3.68. The number of benzene rings is 1. The molecular weight excluding hydrogens is 402 g/mol. The van der Waals surface area contributed by atoms with E-state index in [2.05, 4.69) is 6.07 Å². The van der Waals surface area contributed by atoms with Gasteiger partial charge in [0, 0.05) is 17.1 Å². The fourth-order valence-corrected chi connectivity index (χ4v) is 5.94. The Morgan fingerprint density at radius 3 is 2.83 bits per heavy atom. The number of ether oxygens (including phenoxy) is 1. The second-order valence-corrected chi connectivity index (χ2v) is 9.11. The van der Waals surface area contributed by atoms with E-state index in [1.54, 1.807) is 27.7 Å². The molecule has 0 radical (unpaired) electrons. The maximum Gasteiger partial charge on any atom is 0.267 e.